The van der Waals surface area contributed by atoms with Gasteiger partial charge >= 0.3 is 0 Å². The quantitative estimate of drug-likeness (QED) is 0.163. The molecule has 6 aromatic carbocycles. The van der Waals surface area contributed by atoms with Crippen molar-refractivity contribution in [3.63, 3.8) is 0 Å². The van der Waals surface area contributed by atoms with Crippen molar-refractivity contribution in [2.75, 3.05) is 14.7 Å². The van der Waals surface area contributed by atoms with E-state index in [2.05, 4.69) is 238 Å². The van der Waals surface area contributed by atoms with Crippen molar-refractivity contribution in [1.82, 2.24) is 0 Å². The van der Waals surface area contributed by atoms with Crippen molar-refractivity contribution in [2.45, 2.75) is 270 Å². The first-order valence-corrected chi connectivity index (χ1v) is 32.5. The van der Waals surface area contributed by atoms with E-state index in [4.69, 9.17) is 0 Å². The van der Waals surface area contributed by atoms with Crippen LogP contribution in [0, 0.1) is 13.8 Å². The van der Waals surface area contributed by atoms with Gasteiger partial charge in [-0.25, -0.2) is 0 Å². The van der Waals surface area contributed by atoms with E-state index in [-0.39, 0.29) is 61.0 Å². The largest absolute Gasteiger partial charge is 0.334 e. The van der Waals surface area contributed by atoms with Gasteiger partial charge in [0, 0.05) is 50.9 Å². The van der Waals surface area contributed by atoms with Gasteiger partial charge in [0.05, 0.1) is 5.54 Å². The SMILES string of the molecule is Cc1cc2c(cc1N1c3cc4c(cc3B3c5cc6c(cc5N(c5cc7c(cc5C)C(C)(C)CCC7(C)C)c5cc(N7c8ccccc8C8(C)CCCCC78C)cc1c53)C(C)(C)CCC6(C)C)C(C)(C)CCC4(C)C)C(C)(C)CCC2(C)C. The highest BCUT2D eigenvalue weighted by Gasteiger charge is 2.59. The van der Waals surface area contributed by atoms with Gasteiger partial charge in [0.15, 0.2) is 0 Å². The second-order valence-corrected chi connectivity index (χ2v) is 34.0. The lowest BCUT2D eigenvalue weighted by molar-refractivity contribution is 0.195. The molecule has 5 aliphatic carbocycles. The van der Waals surface area contributed by atoms with E-state index in [9.17, 15) is 0 Å². The molecule has 2 unspecified atom stereocenters. The normalized spacial score (nSPS) is 26.2. The maximum atomic E-state index is 2.89. The third-order valence-electron chi connectivity index (χ3n) is 25.1. The molecule has 0 aromatic heterocycles. The molecule has 0 N–H and O–H groups in total. The van der Waals surface area contributed by atoms with Crippen LogP contribution in [-0.2, 0) is 48.7 Å². The van der Waals surface area contributed by atoms with Crippen LogP contribution in [0.3, 0.4) is 0 Å². The van der Waals surface area contributed by atoms with Crippen molar-refractivity contribution in [1.29, 1.82) is 0 Å². The van der Waals surface area contributed by atoms with Gasteiger partial charge in [-0.3, -0.25) is 0 Å². The Morgan fingerprint density at radius 1 is 0.317 bits per heavy atom. The molecule has 1 saturated carbocycles. The smallest absolute Gasteiger partial charge is 0.252 e. The number of aryl methyl sites for hydroxylation is 2. The van der Waals surface area contributed by atoms with E-state index in [1.807, 2.05) is 0 Å². The summed E-state index contributed by atoms with van der Waals surface area (Å²) in [6, 6.07) is 36.9. The van der Waals surface area contributed by atoms with E-state index in [1.165, 1.54) is 183 Å². The predicted octanol–water partition coefficient (Wildman–Crippen LogP) is 19.5. The Balaban J connectivity index is 1.18. The number of anilines is 8. The van der Waals surface area contributed by atoms with Gasteiger partial charge in [-0.2, -0.15) is 0 Å². The third-order valence-corrected chi connectivity index (χ3v) is 25.1. The summed E-state index contributed by atoms with van der Waals surface area (Å²) in [6.45, 7) is 50.6. The molecule has 0 saturated heterocycles. The van der Waals surface area contributed by atoms with Crippen LogP contribution >= 0.6 is 0 Å². The van der Waals surface area contributed by atoms with Crippen LogP contribution < -0.4 is 31.1 Å². The van der Waals surface area contributed by atoms with Gasteiger partial charge in [0.2, 0.25) is 0 Å². The molecule has 3 aliphatic heterocycles. The summed E-state index contributed by atoms with van der Waals surface area (Å²) in [4.78, 5) is 8.62. The van der Waals surface area contributed by atoms with Crippen LogP contribution in [-0.4, -0.2) is 12.3 Å². The first-order chi connectivity index (χ1) is 38.1. The predicted molar refractivity (Wildman–Crippen MR) is 354 cm³/mol. The minimum atomic E-state index is -0.123. The Labute approximate surface area is 496 Å². The van der Waals surface area contributed by atoms with Crippen molar-refractivity contribution in [3.8, 4) is 0 Å². The van der Waals surface area contributed by atoms with Gasteiger partial charge < -0.3 is 14.7 Å². The van der Waals surface area contributed by atoms with Gasteiger partial charge in [-0.05, 0) is 248 Å². The summed E-state index contributed by atoms with van der Waals surface area (Å²) in [6.07, 6.45) is 14.3. The monoisotopic (exact) mass is 1090 g/mol. The second kappa shape index (κ2) is 16.8. The summed E-state index contributed by atoms with van der Waals surface area (Å²) in [5.74, 6) is 0. The number of nitrogens with zero attached hydrogens (tertiary/aromatic N) is 3. The molecule has 0 spiro atoms. The van der Waals surface area contributed by atoms with E-state index in [0.717, 1.165) is 6.42 Å². The Morgan fingerprint density at radius 3 is 1.04 bits per heavy atom. The van der Waals surface area contributed by atoms with Crippen LogP contribution in [0.15, 0.2) is 84.9 Å². The van der Waals surface area contributed by atoms with Crippen molar-refractivity contribution >= 4 is 68.6 Å². The average molecular weight is 1090 g/mol. The summed E-state index contributed by atoms with van der Waals surface area (Å²) < 4.78 is 0. The minimum Gasteiger partial charge on any atom is -0.334 e. The maximum Gasteiger partial charge on any atom is 0.252 e. The van der Waals surface area contributed by atoms with Crippen LogP contribution in [0.25, 0.3) is 0 Å². The van der Waals surface area contributed by atoms with Gasteiger partial charge in [-0.15, -0.1) is 0 Å². The average Bonchev–Trinajstić information content (AvgIpc) is 2.93. The molecule has 3 heterocycles. The topological polar surface area (TPSA) is 9.72 Å². The van der Waals surface area contributed by atoms with E-state index in [1.54, 1.807) is 11.1 Å². The molecular weight excluding hydrogens is 990 g/mol. The number of rotatable bonds is 3. The third kappa shape index (κ3) is 7.32. The summed E-state index contributed by atoms with van der Waals surface area (Å²) in [5.41, 5.74) is 32.1. The Morgan fingerprint density at radius 2 is 0.646 bits per heavy atom. The highest BCUT2D eigenvalue weighted by molar-refractivity contribution is 7.00. The second-order valence-electron chi connectivity index (χ2n) is 34.0. The number of fused-ring (bicyclic) bond motifs is 11. The lowest BCUT2D eigenvalue weighted by Crippen LogP contribution is -2.62. The Bertz CT molecular complexity index is 3560. The van der Waals surface area contributed by atoms with Crippen LogP contribution in [0.2, 0.25) is 0 Å². The molecule has 0 radical (unpaired) electrons. The first kappa shape index (κ1) is 54.7. The molecule has 1 fully saturated rings. The minimum absolute atomic E-state index is 0.00587. The fourth-order valence-corrected chi connectivity index (χ4v) is 18.8. The van der Waals surface area contributed by atoms with E-state index in [0.29, 0.717) is 0 Å². The first-order valence-electron chi connectivity index (χ1n) is 32.5. The molecule has 14 rings (SSSR count). The molecule has 82 heavy (non-hydrogen) atoms. The van der Waals surface area contributed by atoms with Crippen molar-refractivity contribution < 1.29 is 0 Å². The lowest BCUT2D eigenvalue weighted by atomic mass is 9.32. The number of hydrogen-bond donors (Lipinski definition) is 0. The fraction of sp³-hybridized carbons (Fsp3) is 0.538. The molecule has 6 aromatic rings. The molecule has 3 nitrogen and oxygen atoms in total. The molecule has 0 amide bonds. The molecule has 4 heteroatoms. The van der Waals surface area contributed by atoms with Gasteiger partial charge in [0.25, 0.3) is 6.71 Å². The molecule has 2 atom stereocenters. The molecular formula is C78H98BN3. The number of para-hydroxylation sites is 1. The highest BCUT2D eigenvalue weighted by atomic mass is 15.3. The fourth-order valence-electron chi connectivity index (χ4n) is 18.8. The Hall–Kier alpha value is -5.22. The molecule has 428 valence electrons. The zero-order chi connectivity index (χ0) is 58.4. The summed E-state index contributed by atoms with van der Waals surface area (Å²) in [5, 5.41) is 0. The summed E-state index contributed by atoms with van der Waals surface area (Å²) >= 11 is 0. The maximum absolute atomic E-state index is 2.89. The zero-order valence-corrected chi connectivity index (χ0v) is 54.5. The summed E-state index contributed by atoms with van der Waals surface area (Å²) in [7, 11) is 0. The number of benzene rings is 6. The highest BCUT2D eigenvalue weighted by Crippen LogP contribution is 2.63. The number of hydrogen-bond acceptors (Lipinski definition) is 3. The molecule has 8 aliphatic rings. The Kier molecular flexibility index (Phi) is 11.2. The zero-order valence-electron chi connectivity index (χ0n) is 54.5. The standard InChI is InChI=1S/C78H98BN3/c1-47-37-51-55(73(11,12)33-29-69(51,3)4)43-62(47)80-64-45-57-53(71(7,8)31-35-75(57,15)16)41-59(64)79-60-42-54-58(76(17,18)36-32-72(54,9)10)46-65(60)81(63-44-56-52(38-48(63)2)70(5,6)30-34-74(56,13)14)67-40-49(39-66(80)68(67)79)82-61-26-22-21-25-50(61)77(19)27-23-24-28-78(77,82)20/h21-22,25-26,37-46H,23-24,27-36H2,1-20H3. The van der Waals surface area contributed by atoms with E-state index < -0.39 is 0 Å². The van der Waals surface area contributed by atoms with Crippen molar-refractivity contribution in [3.05, 3.63) is 146 Å². The van der Waals surface area contributed by atoms with Crippen LogP contribution in [0.5, 0.6) is 0 Å². The van der Waals surface area contributed by atoms with Crippen LogP contribution in [0.4, 0.5) is 45.5 Å². The van der Waals surface area contributed by atoms with E-state index >= 15 is 0 Å². The molecule has 0 bridgehead atoms. The van der Waals surface area contributed by atoms with Crippen molar-refractivity contribution in [2.24, 2.45) is 0 Å². The van der Waals surface area contributed by atoms with Crippen LogP contribution in [0.1, 0.15) is 263 Å². The lowest BCUT2D eigenvalue weighted by Gasteiger charge is -2.52. The van der Waals surface area contributed by atoms with Gasteiger partial charge in [-0.1, -0.05) is 173 Å². The van der Waals surface area contributed by atoms with Gasteiger partial charge in [0.1, 0.15) is 0 Å².